The van der Waals surface area contributed by atoms with Crippen LogP contribution < -0.4 is 0 Å². The maximum Gasteiger partial charge on any atom is 0.222 e. The Labute approximate surface area is 87.1 Å². The van der Waals surface area contributed by atoms with Crippen molar-refractivity contribution in [3.05, 3.63) is 0 Å². The Hall–Kier alpha value is -0.570. The van der Waals surface area contributed by atoms with Gasteiger partial charge in [-0.05, 0) is 5.92 Å². The van der Waals surface area contributed by atoms with Crippen molar-refractivity contribution in [2.75, 3.05) is 26.7 Å². The van der Waals surface area contributed by atoms with E-state index in [0.717, 1.165) is 25.6 Å². The standard InChI is InChI=1S/C11H22N2O/c1-5-11(14)12(4)10-7-13(8-10)6-9(2)3/h9-10H,5-8H2,1-4H3. The molecule has 0 atom stereocenters. The van der Waals surface area contributed by atoms with Gasteiger partial charge in [0.05, 0.1) is 6.04 Å². The molecule has 0 bridgehead atoms. The van der Waals surface area contributed by atoms with E-state index in [9.17, 15) is 4.79 Å². The van der Waals surface area contributed by atoms with Crippen LogP contribution in [0.1, 0.15) is 27.2 Å². The van der Waals surface area contributed by atoms with Gasteiger partial charge in [-0.2, -0.15) is 0 Å². The summed E-state index contributed by atoms with van der Waals surface area (Å²) >= 11 is 0. The van der Waals surface area contributed by atoms with Crippen LogP contribution in [0.3, 0.4) is 0 Å². The van der Waals surface area contributed by atoms with Crippen LogP contribution in [0.25, 0.3) is 0 Å². The van der Waals surface area contributed by atoms with Gasteiger partial charge in [0.1, 0.15) is 0 Å². The van der Waals surface area contributed by atoms with Gasteiger partial charge in [0.2, 0.25) is 5.91 Å². The number of likely N-dealkylation sites (N-methyl/N-ethyl adjacent to an activating group) is 1. The molecule has 0 aromatic carbocycles. The number of hydrogen-bond acceptors (Lipinski definition) is 2. The Kier molecular flexibility index (Phi) is 3.93. The molecule has 1 heterocycles. The van der Waals surface area contributed by atoms with Gasteiger partial charge in [0.15, 0.2) is 0 Å². The number of nitrogens with zero attached hydrogens (tertiary/aromatic N) is 2. The fourth-order valence-electron chi connectivity index (χ4n) is 1.91. The molecule has 82 valence electrons. The zero-order valence-corrected chi connectivity index (χ0v) is 9.79. The Bertz CT molecular complexity index is 197. The molecule has 0 saturated carbocycles. The maximum absolute atomic E-state index is 11.4. The quantitative estimate of drug-likeness (QED) is 0.677. The summed E-state index contributed by atoms with van der Waals surface area (Å²) in [7, 11) is 1.92. The third kappa shape index (κ3) is 2.71. The summed E-state index contributed by atoms with van der Waals surface area (Å²) in [4.78, 5) is 15.7. The second kappa shape index (κ2) is 4.78. The molecule has 1 fully saturated rings. The number of likely N-dealkylation sites (tertiary alicyclic amines) is 1. The molecule has 1 aliphatic heterocycles. The summed E-state index contributed by atoms with van der Waals surface area (Å²) in [6.45, 7) is 9.65. The van der Waals surface area contributed by atoms with Crippen LogP contribution in [-0.4, -0.2) is 48.4 Å². The predicted octanol–water partition coefficient (Wildman–Crippen LogP) is 1.19. The topological polar surface area (TPSA) is 23.6 Å². The molecular formula is C11H22N2O. The van der Waals surface area contributed by atoms with Gasteiger partial charge in [-0.1, -0.05) is 20.8 Å². The number of carbonyl (C=O) groups is 1. The predicted molar refractivity (Wildman–Crippen MR) is 58.1 cm³/mol. The van der Waals surface area contributed by atoms with E-state index in [-0.39, 0.29) is 5.91 Å². The van der Waals surface area contributed by atoms with Gasteiger partial charge in [0, 0.05) is 33.1 Å². The van der Waals surface area contributed by atoms with Crippen molar-refractivity contribution in [3.8, 4) is 0 Å². The highest BCUT2D eigenvalue weighted by Crippen LogP contribution is 2.15. The fraction of sp³-hybridized carbons (Fsp3) is 0.909. The van der Waals surface area contributed by atoms with Crippen molar-refractivity contribution < 1.29 is 4.79 Å². The van der Waals surface area contributed by atoms with Crippen LogP contribution in [0.2, 0.25) is 0 Å². The fourth-order valence-corrected chi connectivity index (χ4v) is 1.91. The molecule has 14 heavy (non-hydrogen) atoms. The number of rotatable bonds is 4. The van der Waals surface area contributed by atoms with Crippen LogP contribution in [-0.2, 0) is 4.79 Å². The van der Waals surface area contributed by atoms with Gasteiger partial charge in [-0.25, -0.2) is 0 Å². The number of hydrogen-bond donors (Lipinski definition) is 0. The van der Waals surface area contributed by atoms with Crippen LogP contribution in [0.4, 0.5) is 0 Å². The summed E-state index contributed by atoms with van der Waals surface area (Å²) in [5.41, 5.74) is 0. The van der Waals surface area contributed by atoms with Crippen LogP contribution in [0.15, 0.2) is 0 Å². The monoisotopic (exact) mass is 198 g/mol. The van der Waals surface area contributed by atoms with E-state index in [1.807, 2.05) is 18.9 Å². The minimum absolute atomic E-state index is 0.263. The third-order valence-electron chi connectivity index (χ3n) is 2.80. The average Bonchev–Trinajstić information content (AvgIpc) is 2.07. The largest absolute Gasteiger partial charge is 0.340 e. The van der Waals surface area contributed by atoms with E-state index in [0.29, 0.717) is 12.5 Å². The minimum atomic E-state index is 0.263. The van der Waals surface area contributed by atoms with Crippen molar-refractivity contribution in [3.63, 3.8) is 0 Å². The second-order valence-electron chi connectivity index (χ2n) is 4.62. The van der Waals surface area contributed by atoms with Crippen molar-refractivity contribution in [2.45, 2.75) is 33.2 Å². The molecule has 1 amide bonds. The summed E-state index contributed by atoms with van der Waals surface area (Å²) in [5, 5.41) is 0. The van der Waals surface area contributed by atoms with Crippen LogP contribution in [0, 0.1) is 5.92 Å². The molecular weight excluding hydrogens is 176 g/mol. The highest BCUT2D eigenvalue weighted by Gasteiger charge is 2.31. The second-order valence-corrected chi connectivity index (χ2v) is 4.62. The number of carbonyl (C=O) groups excluding carboxylic acids is 1. The molecule has 1 saturated heterocycles. The Morgan fingerprint density at radius 1 is 1.50 bits per heavy atom. The van der Waals surface area contributed by atoms with E-state index < -0.39 is 0 Å². The average molecular weight is 198 g/mol. The Balaban J connectivity index is 2.23. The first-order valence-corrected chi connectivity index (χ1v) is 5.52. The van der Waals surface area contributed by atoms with Gasteiger partial charge < -0.3 is 4.90 Å². The number of amides is 1. The lowest BCUT2D eigenvalue weighted by Gasteiger charge is -2.44. The molecule has 1 rings (SSSR count). The first-order chi connectivity index (χ1) is 6.54. The smallest absolute Gasteiger partial charge is 0.222 e. The molecule has 0 spiro atoms. The highest BCUT2D eigenvalue weighted by atomic mass is 16.2. The first-order valence-electron chi connectivity index (χ1n) is 5.52. The van der Waals surface area contributed by atoms with Crippen molar-refractivity contribution in [1.82, 2.24) is 9.80 Å². The molecule has 0 aromatic rings. The van der Waals surface area contributed by atoms with Crippen molar-refractivity contribution in [1.29, 1.82) is 0 Å². The molecule has 0 N–H and O–H groups in total. The van der Waals surface area contributed by atoms with Gasteiger partial charge in [-0.3, -0.25) is 9.69 Å². The summed E-state index contributed by atoms with van der Waals surface area (Å²) in [6, 6.07) is 0.459. The van der Waals surface area contributed by atoms with E-state index >= 15 is 0 Å². The zero-order chi connectivity index (χ0) is 10.7. The van der Waals surface area contributed by atoms with Gasteiger partial charge in [-0.15, -0.1) is 0 Å². The molecule has 0 radical (unpaired) electrons. The molecule has 3 heteroatoms. The Morgan fingerprint density at radius 3 is 2.50 bits per heavy atom. The van der Waals surface area contributed by atoms with E-state index in [1.54, 1.807) is 0 Å². The maximum atomic E-state index is 11.4. The Morgan fingerprint density at radius 2 is 2.07 bits per heavy atom. The van der Waals surface area contributed by atoms with E-state index in [4.69, 9.17) is 0 Å². The summed E-state index contributed by atoms with van der Waals surface area (Å²) in [6.07, 6.45) is 0.622. The lowest BCUT2D eigenvalue weighted by molar-refractivity contribution is -0.135. The normalized spacial score (nSPS) is 18.4. The van der Waals surface area contributed by atoms with E-state index in [2.05, 4.69) is 18.7 Å². The summed E-state index contributed by atoms with van der Waals surface area (Å²) in [5.74, 6) is 0.988. The van der Waals surface area contributed by atoms with E-state index in [1.165, 1.54) is 0 Å². The lowest BCUT2D eigenvalue weighted by Crippen LogP contribution is -2.60. The molecule has 0 aliphatic carbocycles. The van der Waals surface area contributed by atoms with Crippen LogP contribution in [0.5, 0.6) is 0 Å². The molecule has 0 unspecified atom stereocenters. The third-order valence-corrected chi connectivity index (χ3v) is 2.80. The molecule has 3 nitrogen and oxygen atoms in total. The first kappa shape index (κ1) is 11.5. The summed E-state index contributed by atoms with van der Waals surface area (Å²) < 4.78 is 0. The van der Waals surface area contributed by atoms with Gasteiger partial charge >= 0.3 is 0 Å². The SMILES string of the molecule is CCC(=O)N(C)C1CN(CC(C)C)C1. The minimum Gasteiger partial charge on any atom is -0.340 e. The van der Waals surface area contributed by atoms with Crippen LogP contribution >= 0.6 is 0 Å². The van der Waals surface area contributed by atoms with Crippen molar-refractivity contribution in [2.24, 2.45) is 5.92 Å². The van der Waals surface area contributed by atoms with Crippen molar-refractivity contribution >= 4 is 5.91 Å². The lowest BCUT2D eigenvalue weighted by atomic mass is 10.0. The molecule has 1 aliphatic rings. The zero-order valence-electron chi connectivity index (χ0n) is 9.79. The highest BCUT2D eigenvalue weighted by molar-refractivity contribution is 5.76. The van der Waals surface area contributed by atoms with Gasteiger partial charge in [0.25, 0.3) is 0 Å². The molecule has 0 aromatic heterocycles.